The maximum atomic E-state index is 9.56. The number of alkyl halides is 3. The molecular weight excluding hydrogens is 1500 g/mol. The molecule has 0 spiro atoms. The number of allylic oxidation sites excluding steroid dienone is 1. The Hall–Kier alpha value is -1.19. The average molecular weight is 1610 g/mol. The van der Waals surface area contributed by atoms with Crippen molar-refractivity contribution in [1.82, 2.24) is 0 Å². The first-order valence-electron chi connectivity index (χ1n) is 32.1. The van der Waals surface area contributed by atoms with Gasteiger partial charge in [-0.1, -0.05) is 135 Å². The average Bonchev–Trinajstić information content (AvgIpc) is 1.41. The highest BCUT2D eigenvalue weighted by Crippen LogP contribution is 2.43. The number of aliphatic hydroxyl groups excluding tert-OH is 3. The van der Waals surface area contributed by atoms with E-state index >= 15 is 0 Å². The van der Waals surface area contributed by atoms with Gasteiger partial charge in [-0.2, -0.15) is 0 Å². The number of benzene rings is 3. The SMILES string of the molecule is BrCCOC1CCCCO1.C(COC1CCCCO1)=P(c1ccccc1)(c1ccccc1)c1ccccc1.C/C(=C/COC1CCCCO1)CO.C1=COCCC1.C1CCOC1.CC(=O)CO.CSCCl.CSCOC/C(C)=C\COC1CCCCO1.OCCBr.[H+].[IH2+]. The summed E-state index contributed by atoms with van der Waals surface area (Å²) in [6.45, 7) is 12.8. The zero-order chi connectivity index (χ0) is 66.4. The summed E-state index contributed by atoms with van der Waals surface area (Å²) in [5.41, 5.74) is 2.15. The fraction of sp³-hybridized carbons (Fsp3) is 0.629. The summed E-state index contributed by atoms with van der Waals surface area (Å²) in [6.07, 6.45) is 30.2. The highest BCUT2D eigenvalue weighted by atomic mass is 127. The van der Waals surface area contributed by atoms with Crippen LogP contribution in [0.3, 0.4) is 0 Å². The molecular formula is C70H115Br2ClIO15PS2+2. The topological polar surface area (TPSA) is 179 Å². The molecule has 0 amide bonds. The molecule has 5 fully saturated rings. The maximum Gasteiger partial charge on any atom is 1.00 e. The number of Topliss-reactive ketones (excluding diaryl/α,β-unsaturated/α-hetero) is 1. The second-order valence-corrected chi connectivity index (χ2v) is 28.3. The van der Waals surface area contributed by atoms with E-state index < -0.39 is 6.89 Å². The predicted octanol–water partition coefficient (Wildman–Crippen LogP) is 10.7. The van der Waals surface area contributed by atoms with Crippen LogP contribution in [0.25, 0.3) is 0 Å². The summed E-state index contributed by atoms with van der Waals surface area (Å²) in [5.74, 6) is 2.97. The van der Waals surface area contributed by atoms with E-state index in [1.54, 1.807) is 29.8 Å². The molecule has 6 aliphatic heterocycles. The van der Waals surface area contributed by atoms with Gasteiger partial charge in [0.25, 0.3) is 0 Å². The minimum absolute atomic E-state index is 0. The lowest BCUT2D eigenvalue weighted by Gasteiger charge is -2.29. The first-order valence-corrected chi connectivity index (χ1v) is 39.5. The number of thioether (sulfide) groups is 2. The third-order valence-corrected chi connectivity index (χ3v) is 19.3. The van der Waals surface area contributed by atoms with Crippen LogP contribution in [0, 0.1) is 0 Å². The van der Waals surface area contributed by atoms with Crippen molar-refractivity contribution in [1.29, 1.82) is 0 Å². The summed E-state index contributed by atoms with van der Waals surface area (Å²) in [6, 6.07) is 32.6. The van der Waals surface area contributed by atoms with E-state index in [1.807, 2.05) is 31.6 Å². The Balaban J connectivity index is 0. The largest absolute Gasteiger partial charge is 1.00 e. The summed E-state index contributed by atoms with van der Waals surface area (Å²) >= 11 is 14.8. The number of aliphatic hydroxyl groups is 3. The molecule has 6 aliphatic rings. The molecule has 0 radical (unpaired) electrons. The van der Waals surface area contributed by atoms with Crippen LogP contribution in [0.4, 0.5) is 0 Å². The van der Waals surface area contributed by atoms with Gasteiger partial charge in [-0.15, -0.1) is 35.1 Å². The normalized spacial score (nSPS) is 19.2. The molecule has 92 heavy (non-hydrogen) atoms. The Kier molecular flexibility index (Phi) is 66.1. The number of ether oxygens (including phenoxy) is 11. The standard InChI is InChI=1S/C25H27O2P.C12H22O3S.C10H18O3.C7H13BrO2.C5H8O.C4H8O.C3H6O2.C2H5BrO.C2H5ClS.H2I/c1-4-12-22(13-5-1)28(23-14-6-2-7-15-23,24-16-8-3-9-17-24)21-20-27-25-18-10-11-19-26-25;1-11(9-13-10-16-2)6-8-15-12-5-3-4-7-14-12;1-9(8-11)5-7-13-10-4-2-3-6-12-10;8-4-6-10-7-3-1-2-5-9-7;1-2-4-6-5-3-1;1-2-4-5-3-1;1-3(5)2-4;3-1-2-4;1-4-2-3;/h1-9,12-17,21,25H,10-11,18-20H2;6,12H,3-5,7-10H2,1-2H3;5,10-11H,2-4,6-8H2,1H3;7H,1-6H2;2,4H,1,3,5H2;1-4H2;4H,2H2,1H3;4H,1-2H2;2H2,1H3;1H2/q;;;;;;;;;+1/p+1/b;11-6-;9-5-;;;;;;;. The van der Waals surface area contributed by atoms with E-state index in [2.05, 4.69) is 142 Å². The van der Waals surface area contributed by atoms with Crippen LogP contribution in [0.5, 0.6) is 0 Å². The Bertz CT molecular complexity index is 2110. The molecule has 0 aliphatic carbocycles. The van der Waals surface area contributed by atoms with Crippen molar-refractivity contribution >= 4 is 101 Å². The van der Waals surface area contributed by atoms with Gasteiger partial charge in [0.05, 0.1) is 70.3 Å². The van der Waals surface area contributed by atoms with Gasteiger partial charge in [0.2, 0.25) is 24.0 Å². The minimum atomic E-state index is -1.93. The van der Waals surface area contributed by atoms with E-state index in [1.165, 1.54) is 86.2 Å². The minimum Gasteiger partial charge on any atom is -0.502 e. The second-order valence-electron chi connectivity index (χ2n) is 21.0. The van der Waals surface area contributed by atoms with Crippen LogP contribution in [-0.4, -0.2) is 185 Å². The quantitative estimate of drug-likeness (QED) is 0.0204. The van der Waals surface area contributed by atoms with Crippen molar-refractivity contribution in [3.8, 4) is 0 Å². The Morgan fingerprint density at radius 3 is 1.26 bits per heavy atom. The number of hydrogen-bond acceptors (Lipinski definition) is 17. The first kappa shape index (κ1) is 90.8. The molecule has 4 unspecified atom stereocenters. The smallest absolute Gasteiger partial charge is 0.502 e. The lowest BCUT2D eigenvalue weighted by atomic mass is 10.2. The predicted molar refractivity (Wildman–Crippen MR) is 393 cm³/mol. The van der Waals surface area contributed by atoms with Crippen molar-refractivity contribution in [2.24, 2.45) is 0 Å². The molecule has 5 saturated heterocycles. The maximum absolute atomic E-state index is 9.56. The van der Waals surface area contributed by atoms with Crippen molar-refractivity contribution in [3.05, 3.63) is 127 Å². The molecule has 15 nitrogen and oxygen atoms in total. The molecule has 3 N–H and O–H groups in total. The van der Waals surface area contributed by atoms with E-state index in [-0.39, 0.29) is 76.2 Å². The molecule has 9 rings (SSSR count). The molecule has 4 atom stereocenters. The van der Waals surface area contributed by atoms with Gasteiger partial charge in [-0.3, -0.25) is 4.79 Å². The van der Waals surface area contributed by atoms with E-state index in [9.17, 15) is 4.79 Å². The Morgan fingerprint density at radius 1 is 0.576 bits per heavy atom. The third kappa shape index (κ3) is 49.3. The summed E-state index contributed by atoms with van der Waals surface area (Å²) in [7, 11) is 0. The van der Waals surface area contributed by atoms with Crippen molar-refractivity contribution < 1.29 is 97.6 Å². The van der Waals surface area contributed by atoms with Crippen LogP contribution in [0.15, 0.2) is 127 Å². The van der Waals surface area contributed by atoms with Crippen LogP contribution in [0.1, 0.15) is 125 Å². The van der Waals surface area contributed by atoms with Gasteiger partial charge in [0, 0.05) is 50.3 Å². The highest BCUT2D eigenvalue weighted by Gasteiger charge is 2.25. The molecule has 6 heterocycles. The zero-order valence-corrected chi connectivity index (χ0v) is 64.7. The number of ketones is 1. The van der Waals surface area contributed by atoms with Crippen molar-refractivity contribution in [3.63, 3.8) is 0 Å². The van der Waals surface area contributed by atoms with E-state index in [0.717, 1.165) is 115 Å². The lowest BCUT2D eigenvalue weighted by molar-refractivity contribution is -0.158. The fourth-order valence-electron chi connectivity index (χ4n) is 8.57. The van der Waals surface area contributed by atoms with Crippen LogP contribution < -0.4 is 39.9 Å². The number of rotatable bonds is 23. The lowest BCUT2D eigenvalue weighted by Crippen LogP contribution is -3.00. The van der Waals surface area contributed by atoms with Gasteiger partial charge in [0.1, 0.15) is 6.61 Å². The Morgan fingerprint density at radius 2 is 0.978 bits per heavy atom. The monoisotopic (exact) mass is 1610 g/mol. The van der Waals surface area contributed by atoms with Crippen molar-refractivity contribution in [2.45, 2.75) is 149 Å². The first-order chi connectivity index (χ1) is 44.6. The van der Waals surface area contributed by atoms with E-state index in [0.29, 0.717) is 37.0 Å². The summed E-state index contributed by atoms with van der Waals surface area (Å²) in [5, 5.41) is 30.7. The molecule has 3 aromatic rings. The third-order valence-electron chi connectivity index (χ3n) is 13.3. The number of hydrogen-bond donors (Lipinski definition) is 3. The molecule has 0 bridgehead atoms. The molecule has 3 aromatic carbocycles. The zero-order valence-electron chi connectivity index (χ0n) is 56.7. The van der Waals surface area contributed by atoms with Gasteiger partial charge in [0.15, 0.2) is 30.9 Å². The van der Waals surface area contributed by atoms with E-state index in [4.69, 9.17) is 79.0 Å². The van der Waals surface area contributed by atoms with Gasteiger partial charge in [-0.05, 0) is 182 Å². The van der Waals surface area contributed by atoms with Crippen molar-refractivity contribution in [2.75, 3.05) is 133 Å². The summed E-state index contributed by atoms with van der Waals surface area (Å²) < 4.78 is 59.8. The van der Waals surface area contributed by atoms with Crippen LogP contribution in [0.2, 0.25) is 0 Å². The number of halogens is 4. The number of carbonyl (C=O) groups excluding carboxylic acids is 1. The molecule has 528 valence electrons. The Labute approximate surface area is 603 Å². The van der Waals surface area contributed by atoms with Gasteiger partial charge >= 0.3 is 1.43 Å². The fourth-order valence-corrected chi connectivity index (χ4v) is 12.8. The van der Waals surface area contributed by atoms with Gasteiger partial charge in [-0.25, -0.2) is 0 Å². The van der Waals surface area contributed by atoms with Crippen LogP contribution in [-0.2, 0) is 56.9 Å². The molecule has 0 saturated carbocycles. The molecule has 22 heteroatoms. The van der Waals surface area contributed by atoms with Crippen LogP contribution >= 0.6 is 73.9 Å². The number of carbonyl (C=O) groups is 1. The second kappa shape index (κ2) is 67.0. The highest BCUT2D eigenvalue weighted by molar-refractivity contribution is 9.09. The summed E-state index contributed by atoms with van der Waals surface area (Å²) in [4.78, 5) is 9.56. The van der Waals surface area contributed by atoms with Gasteiger partial charge < -0.3 is 67.4 Å². The molecule has 0 aromatic heterocycles.